The van der Waals surface area contributed by atoms with E-state index in [1.165, 1.54) is 43.3 Å². The highest BCUT2D eigenvalue weighted by Crippen LogP contribution is 2.46. The molecule has 0 aromatic heterocycles. The maximum absolute atomic E-state index is 13.8. The van der Waals surface area contributed by atoms with E-state index in [9.17, 15) is 19.2 Å². The molecule has 3 aromatic rings. The molecule has 184 valence electrons. The van der Waals surface area contributed by atoms with E-state index < -0.39 is 29.5 Å². The SMILES string of the molecule is C[C@@H](C(=O)c1ccc(Cl)cc1)N(C(=O)c1ccccc1Cl)N1C(=O)c2c(Br)c(Br)c(Br)c(Br)c2C1=O. The fourth-order valence-corrected chi connectivity index (χ4v) is 6.50. The van der Waals surface area contributed by atoms with Crippen LogP contribution in [0.5, 0.6) is 0 Å². The molecule has 0 unspecified atom stereocenters. The largest absolute Gasteiger partial charge is 0.292 e. The molecule has 6 nitrogen and oxygen atoms in total. The van der Waals surface area contributed by atoms with Crippen LogP contribution in [0.4, 0.5) is 0 Å². The number of carbonyl (C=O) groups excluding carboxylic acids is 4. The normalized spacial score (nSPS) is 13.6. The zero-order chi connectivity index (χ0) is 26.5. The number of ketones is 1. The van der Waals surface area contributed by atoms with Gasteiger partial charge in [0.15, 0.2) is 5.78 Å². The lowest BCUT2D eigenvalue weighted by molar-refractivity contribution is -0.00684. The van der Waals surface area contributed by atoms with Crippen LogP contribution in [0.15, 0.2) is 66.4 Å². The predicted molar refractivity (Wildman–Crippen MR) is 151 cm³/mol. The highest BCUT2D eigenvalue weighted by atomic mass is 79.9. The molecular formula is C24H12Br4Cl2N2O4. The van der Waals surface area contributed by atoms with Gasteiger partial charge < -0.3 is 0 Å². The number of halogens is 6. The molecule has 1 atom stereocenters. The summed E-state index contributed by atoms with van der Waals surface area (Å²) >= 11 is 25.7. The number of benzene rings is 3. The average molecular weight is 783 g/mol. The van der Waals surface area contributed by atoms with Gasteiger partial charge in [-0.1, -0.05) is 35.3 Å². The molecule has 0 saturated carbocycles. The Morgan fingerprint density at radius 1 is 0.806 bits per heavy atom. The lowest BCUT2D eigenvalue weighted by Crippen LogP contribution is -2.56. The number of Topliss-reactive ketones (excluding diaryl/α,β-unsaturated/α-hetero) is 1. The first-order chi connectivity index (χ1) is 17.0. The lowest BCUT2D eigenvalue weighted by atomic mass is 10.0. The Morgan fingerprint density at radius 2 is 1.31 bits per heavy atom. The molecule has 3 aromatic carbocycles. The molecule has 0 bridgehead atoms. The van der Waals surface area contributed by atoms with Crippen LogP contribution in [-0.4, -0.2) is 39.6 Å². The molecule has 0 radical (unpaired) electrons. The maximum atomic E-state index is 13.8. The maximum Gasteiger partial charge on any atom is 0.282 e. The standard InChI is InChI=1S/C24H12Br4Cl2N2O4/c1-10(21(33)11-6-8-12(29)9-7-11)31(22(34)13-4-2-3-5-14(13)30)32-23(35)15-16(24(32)36)18(26)20(28)19(27)17(15)25/h2-10H,1H3/t10-/m0/s1. The van der Waals surface area contributed by atoms with E-state index in [2.05, 4.69) is 63.7 Å². The Bertz CT molecular complexity index is 1420. The van der Waals surface area contributed by atoms with Gasteiger partial charge in [0.05, 0.1) is 21.7 Å². The Balaban J connectivity index is 1.88. The third-order valence-corrected chi connectivity index (χ3v) is 10.8. The third kappa shape index (κ3) is 4.61. The van der Waals surface area contributed by atoms with Crippen molar-refractivity contribution in [2.24, 2.45) is 0 Å². The van der Waals surface area contributed by atoms with Crippen LogP contribution in [0, 0.1) is 0 Å². The van der Waals surface area contributed by atoms with E-state index in [0.717, 1.165) is 5.01 Å². The fraction of sp³-hybridized carbons (Fsp3) is 0.0833. The zero-order valence-corrected chi connectivity index (χ0v) is 25.8. The van der Waals surface area contributed by atoms with Gasteiger partial charge in [0.2, 0.25) is 0 Å². The second-order valence-corrected chi connectivity index (χ2v) is 11.6. The van der Waals surface area contributed by atoms with Gasteiger partial charge in [-0.2, -0.15) is 5.01 Å². The fourth-order valence-electron chi connectivity index (χ4n) is 3.70. The summed E-state index contributed by atoms with van der Waals surface area (Å²) in [7, 11) is 0. The molecule has 0 aliphatic carbocycles. The minimum atomic E-state index is -1.26. The van der Waals surface area contributed by atoms with Gasteiger partial charge in [-0.3, -0.25) is 19.2 Å². The topological polar surface area (TPSA) is 74.8 Å². The molecule has 1 aliphatic rings. The van der Waals surface area contributed by atoms with Gasteiger partial charge in [0, 0.05) is 28.5 Å². The Kier molecular flexibility index (Phi) is 8.14. The van der Waals surface area contributed by atoms with Gasteiger partial charge in [-0.05, 0) is 107 Å². The number of carbonyl (C=O) groups is 4. The van der Waals surface area contributed by atoms with Crippen molar-refractivity contribution >= 4 is 110 Å². The summed E-state index contributed by atoms with van der Waals surface area (Å²) in [6.45, 7) is 1.44. The summed E-state index contributed by atoms with van der Waals surface area (Å²) in [6, 6.07) is 11.0. The van der Waals surface area contributed by atoms with Crippen LogP contribution >= 0.6 is 86.9 Å². The molecule has 0 fully saturated rings. The zero-order valence-electron chi connectivity index (χ0n) is 18.0. The molecule has 12 heteroatoms. The van der Waals surface area contributed by atoms with Crippen LogP contribution in [-0.2, 0) is 0 Å². The van der Waals surface area contributed by atoms with Crippen molar-refractivity contribution < 1.29 is 19.2 Å². The summed E-state index contributed by atoms with van der Waals surface area (Å²) in [5.41, 5.74) is 0.329. The first kappa shape index (κ1) is 27.5. The van der Waals surface area contributed by atoms with Crippen LogP contribution in [0.1, 0.15) is 48.4 Å². The summed E-state index contributed by atoms with van der Waals surface area (Å²) in [5, 5.41) is 2.06. The summed E-state index contributed by atoms with van der Waals surface area (Å²) in [5.74, 6) is -2.88. The van der Waals surface area contributed by atoms with Crippen molar-refractivity contribution in [2.75, 3.05) is 0 Å². The minimum Gasteiger partial charge on any atom is -0.292 e. The molecule has 1 heterocycles. The number of fused-ring (bicyclic) bond motifs is 1. The van der Waals surface area contributed by atoms with Gasteiger partial charge in [0.25, 0.3) is 17.7 Å². The summed E-state index contributed by atoms with van der Waals surface area (Å²) in [4.78, 5) is 54.6. The Labute approximate surface area is 249 Å². The lowest BCUT2D eigenvalue weighted by Gasteiger charge is -2.34. The quantitative estimate of drug-likeness (QED) is 0.114. The van der Waals surface area contributed by atoms with Gasteiger partial charge in [0.1, 0.15) is 6.04 Å². The van der Waals surface area contributed by atoms with Crippen molar-refractivity contribution in [1.82, 2.24) is 10.0 Å². The first-order valence-corrected chi connectivity index (χ1v) is 14.0. The molecule has 0 spiro atoms. The number of amides is 3. The van der Waals surface area contributed by atoms with Gasteiger partial charge in [-0.25, -0.2) is 5.01 Å². The third-order valence-electron chi connectivity index (χ3n) is 5.48. The average Bonchev–Trinajstić information content (AvgIpc) is 3.12. The van der Waals surface area contributed by atoms with Crippen LogP contribution in [0.2, 0.25) is 10.0 Å². The molecule has 0 N–H and O–H groups in total. The van der Waals surface area contributed by atoms with Gasteiger partial charge >= 0.3 is 0 Å². The molecule has 1 aliphatic heterocycles. The highest BCUT2D eigenvalue weighted by Gasteiger charge is 2.48. The van der Waals surface area contributed by atoms with Crippen molar-refractivity contribution in [1.29, 1.82) is 0 Å². The van der Waals surface area contributed by atoms with Crippen LogP contribution in [0.25, 0.3) is 0 Å². The summed E-state index contributed by atoms with van der Waals surface area (Å²) in [6.07, 6.45) is 0. The number of hydrogen-bond acceptors (Lipinski definition) is 4. The second-order valence-electron chi connectivity index (χ2n) is 7.60. The van der Waals surface area contributed by atoms with Crippen molar-refractivity contribution in [3.05, 3.63) is 98.7 Å². The highest BCUT2D eigenvalue weighted by molar-refractivity contribution is 9.15. The number of rotatable bonds is 5. The summed E-state index contributed by atoms with van der Waals surface area (Å²) < 4.78 is 1.61. The van der Waals surface area contributed by atoms with Crippen molar-refractivity contribution in [3.8, 4) is 0 Å². The van der Waals surface area contributed by atoms with Gasteiger partial charge in [-0.15, -0.1) is 0 Å². The molecule has 36 heavy (non-hydrogen) atoms. The molecule has 4 rings (SSSR count). The second kappa shape index (κ2) is 10.7. The number of imide groups is 1. The number of nitrogens with zero attached hydrogens (tertiary/aromatic N) is 2. The number of hydrazine groups is 1. The van der Waals surface area contributed by atoms with Crippen LogP contribution < -0.4 is 0 Å². The van der Waals surface area contributed by atoms with Crippen LogP contribution in [0.3, 0.4) is 0 Å². The predicted octanol–water partition coefficient (Wildman–Crippen LogP) is 7.97. The van der Waals surface area contributed by atoms with E-state index in [4.69, 9.17) is 23.2 Å². The van der Waals surface area contributed by atoms with Crippen molar-refractivity contribution in [3.63, 3.8) is 0 Å². The first-order valence-electron chi connectivity index (χ1n) is 10.1. The number of hydrogen-bond donors (Lipinski definition) is 0. The van der Waals surface area contributed by atoms with E-state index in [1.807, 2.05) is 0 Å². The van der Waals surface area contributed by atoms with E-state index >= 15 is 0 Å². The molecule has 3 amide bonds. The Morgan fingerprint density at radius 3 is 1.81 bits per heavy atom. The molecular weight excluding hydrogens is 771 g/mol. The van der Waals surface area contributed by atoms with Crippen molar-refractivity contribution in [2.45, 2.75) is 13.0 Å². The van der Waals surface area contributed by atoms with E-state index in [1.54, 1.807) is 12.1 Å². The Hall–Kier alpha value is -1.56. The van der Waals surface area contributed by atoms with E-state index in [-0.39, 0.29) is 27.3 Å². The monoisotopic (exact) mass is 778 g/mol. The molecule has 0 saturated heterocycles. The smallest absolute Gasteiger partial charge is 0.282 e. The van der Waals surface area contributed by atoms with E-state index in [0.29, 0.717) is 27.9 Å². The minimum absolute atomic E-state index is 0.0203.